The number of rotatable bonds is 1. The first-order chi connectivity index (χ1) is 11.7. The van der Waals surface area contributed by atoms with E-state index in [4.69, 9.17) is 4.74 Å². The van der Waals surface area contributed by atoms with Crippen LogP contribution in [0.2, 0.25) is 0 Å². The first-order valence-electron chi connectivity index (χ1n) is 7.52. The molecule has 0 aliphatic carbocycles. The maximum absolute atomic E-state index is 14.4. The summed E-state index contributed by atoms with van der Waals surface area (Å²) in [7, 11) is 0. The third-order valence-corrected chi connectivity index (χ3v) is 4.29. The molecule has 3 rings (SSSR count). The fourth-order valence-corrected chi connectivity index (χ4v) is 3.22. The summed E-state index contributed by atoms with van der Waals surface area (Å²) in [4.78, 5) is 16.8. The smallest absolute Gasteiger partial charge is 0.419 e. The van der Waals surface area contributed by atoms with Crippen LogP contribution in [0.1, 0.15) is 20.8 Å². The van der Waals surface area contributed by atoms with E-state index in [9.17, 15) is 13.6 Å². The summed E-state index contributed by atoms with van der Waals surface area (Å²) < 4.78 is 35.7. The predicted octanol–water partition coefficient (Wildman–Crippen LogP) is 5.53. The molecule has 1 aromatic carbocycles. The van der Waals surface area contributed by atoms with Gasteiger partial charge in [0.1, 0.15) is 17.2 Å². The first-order valence-corrected chi connectivity index (χ1v) is 8.31. The van der Waals surface area contributed by atoms with Gasteiger partial charge in [0.25, 0.3) is 0 Å². The molecule has 0 radical (unpaired) electrons. The van der Waals surface area contributed by atoms with Crippen molar-refractivity contribution in [2.24, 2.45) is 0 Å². The summed E-state index contributed by atoms with van der Waals surface area (Å²) >= 11 is 3.35. The molecule has 7 heteroatoms. The molecular weight excluding hydrogens is 394 g/mol. The molecular formula is C18H15BrF2N2O2. The minimum Gasteiger partial charge on any atom is -0.443 e. The topological polar surface area (TPSA) is 44.1 Å². The average Bonchev–Trinajstić information content (AvgIpc) is 2.79. The van der Waals surface area contributed by atoms with Gasteiger partial charge in [-0.1, -0.05) is 6.07 Å². The van der Waals surface area contributed by atoms with Crippen LogP contribution in [0.25, 0.3) is 22.2 Å². The van der Waals surface area contributed by atoms with Gasteiger partial charge in [-0.05, 0) is 54.9 Å². The number of ether oxygens (including phenoxy) is 1. The molecule has 0 saturated heterocycles. The number of fused-ring (bicyclic) bond motifs is 1. The largest absolute Gasteiger partial charge is 0.443 e. The first kappa shape index (κ1) is 17.5. The van der Waals surface area contributed by atoms with E-state index in [2.05, 4.69) is 20.9 Å². The summed E-state index contributed by atoms with van der Waals surface area (Å²) in [6, 6.07) is 5.14. The fourth-order valence-electron chi connectivity index (χ4n) is 2.54. The molecule has 2 aromatic heterocycles. The second-order valence-electron chi connectivity index (χ2n) is 6.47. The maximum Gasteiger partial charge on any atom is 0.419 e. The van der Waals surface area contributed by atoms with Crippen molar-refractivity contribution >= 4 is 32.9 Å². The molecule has 0 saturated carbocycles. The molecule has 0 N–H and O–H groups in total. The normalized spacial score (nSPS) is 11.8. The molecule has 0 bridgehead atoms. The average molecular weight is 409 g/mol. The van der Waals surface area contributed by atoms with Gasteiger partial charge in [-0.2, -0.15) is 0 Å². The van der Waals surface area contributed by atoms with Crippen molar-refractivity contribution in [3.63, 3.8) is 0 Å². The van der Waals surface area contributed by atoms with Crippen molar-refractivity contribution in [3.05, 3.63) is 52.8 Å². The van der Waals surface area contributed by atoms with Gasteiger partial charge in [0.2, 0.25) is 0 Å². The number of carbonyl (C=O) groups is 1. The van der Waals surface area contributed by atoms with E-state index in [1.54, 1.807) is 26.8 Å². The molecule has 0 fully saturated rings. The van der Waals surface area contributed by atoms with Crippen LogP contribution < -0.4 is 0 Å². The van der Waals surface area contributed by atoms with Gasteiger partial charge in [-0.15, -0.1) is 0 Å². The summed E-state index contributed by atoms with van der Waals surface area (Å²) in [5.41, 5.74) is -0.587. The zero-order valence-electron chi connectivity index (χ0n) is 13.8. The van der Waals surface area contributed by atoms with Crippen molar-refractivity contribution in [1.82, 2.24) is 9.55 Å². The highest BCUT2D eigenvalue weighted by molar-refractivity contribution is 9.10. The minimum absolute atomic E-state index is 0.0489. The Labute approximate surface area is 151 Å². The lowest BCUT2D eigenvalue weighted by atomic mass is 10.1. The third-order valence-electron chi connectivity index (χ3n) is 3.48. The van der Waals surface area contributed by atoms with Crippen LogP contribution in [0.15, 0.2) is 41.1 Å². The van der Waals surface area contributed by atoms with Gasteiger partial charge in [-0.25, -0.2) is 18.1 Å². The van der Waals surface area contributed by atoms with Gasteiger partial charge >= 0.3 is 6.09 Å². The van der Waals surface area contributed by atoms with E-state index in [-0.39, 0.29) is 11.3 Å². The van der Waals surface area contributed by atoms with Crippen molar-refractivity contribution in [1.29, 1.82) is 0 Å². The summed E-state index contributed by atoms with van der Waals surface area (Å²) in [5.74, 6) is -1.55. The highest BCUT2D eigenvalue weighted by atomic mass is 79.9. The van der Waals surface area contributed by atoms with Gasteiger partial charge < -0.3 is 4.74 Å². The van der Waals surface area contributed by atoms with Crippen LogP contribution in [0, 0.1) is 11.6 Å². The zero-order valence-corrected chi connectivity index (χ0v) is 15.4. The number of benzene rings is 1. The summed E-state index contributed by atoms with van der Waals surface area (Å²) in [6.45, 7) is 5.16. The van der Waals surface area contributed by atoms with Crippen molar-refractivity contribution in [2.75, 3.05) is 0 Å². The Hall–Kier alpha value is -2.28. The quantitative estimate of drug-likeness (QED) is 0.531. The van der Waals surface area contributed by atoms with Crippen LogP contribution in [0.3, 0.4) is 0 Å². The second-order valence-corrected chi connectivity index (χ2v) is 7.26. The van der Waals surface area contributed by atoms with E-state index in [0.29, 0.717) is 15.4 Å². The summed E-state index contributed by atoms with van der Waals surface area (Å²) in [5, 5.41) is 0.547. The number of pyridine rings is 1. The molecule has 2 heterocycles. The van der Waals surface area contributed by atoms with Crippen LogP contribution in [-0.2, 0) is 4.74 Å². The van der Waals surface area contributed by atoms with E-state index >= 15 is 0 Å². The number of carbonyl (C=O) groups excluding carboxylic acids is 1. The van der Waals surface area contributed by atoms with E-state index in [0.717, 1.165) is 16.7 Å². The van der Waals surface area contributed by atoms with Gasteiger partial charge in [-0.3, -0.25) is 4.98 Å². The molecule has 0 aliphatic heterocycles. The Morgan fingerprint density at radius 2 is 1.84 bits per heavy atom. The van der Waals surface area contributed by atoms with E-state index in [1.807, 2.05) is 0 Å². The third kappa shape index (κ3) is 3.16. The molecule has 0 unspecified atom stereocenters. The molecule has 0 spiro atoms. The molecule has 130 valence electrons. The molecule has 0 atom stereocenters. The Morgan fingerprint density at radius 1 is 1.20 bits per heavy atom. The number of halogens is 3. The number of nitrogens with zero attached hydrogens (tertiary/aromatic N) is 2. The van der Waals surface area contributed by atoms with Gasteiger partial charge in [0.15, 0.2) is 0 Å². The van der Waals surface area contributed by atoms with Crippen LogP contribution in [-0.4, -0.2) is 21.2 Å². The Morgan fingerprint density at radius 3 is 2.44 bits per heavy atom. The van der Waals surface area contributed by atoms with E-state index < -0.39 is 23.3 Å². The lowest BCUT2D eigenvalue weighted by Gasteiger charge is -2.21. The molecule has 3 aromatic rings. The minimum atomic E-state index is -0.777. The number of hydrogen-bond acceptors (Lipinski definition) is 3. The molecule has 25 heavy (non-hydrogen) atoms. The Bertz CT molecular complexity index is 957. The van der Waals surface area contributed by atoms with E-state index in [1.165, 1.54) is 18.5 Å². The summed E-state index contributed by atoms with van der Waals surface area (Å²) in [6.07, 6.45) is 2.28. The highest BCUT2D eigenvalue weighted by Crippen LogP contribution is 2.40. The Kier molecular flexibility index (Phi) is 4.36. The Balaban J connectivity index is 2.37. The zero-order chi connectivity index (χ0) is 18.4. The lowest BCUT2D eigenvalue weighted by Crippen LogP contribution is -2.27. The second kappa shape index (κ2) is 6.22. The monoisotopic (exact) mass is 408 g/mol. The number of aromatic nitrogens is 2. The SMILES string of the molecule is CC(C)(C)OC(=O)n1c(-c2c(F)cccc2F)c(Br)c2cnccc21. The number of hydrogen-bond donors (Lipinski definition) is 0. The predicted molar refractivity (Wildman–Crippen MR) is 94.4 cm³/mol. The molecule has 0 amide bonds. The fraction of sp³-hybridized carbons (Fsp3) is 0.222. The highest BCUT2D eigenvalue weighted by Gasteiger charge is 2.28. The van der Waals surface area contributed by atoms with Crippen molar-refractivity contribution in [3.8, 4) is 11.3 Å². The molecule has 4 nitrogen and oxygen atoms in total. The molecule has 0 aliphatic rings. The maximum atomic E-state index is 14.4. The van der Waals surface area contributed by atoms with Crippen LogP contribution >= 0.6 is 15.9 Å². The lowest BCUT2D eigenvalue weighted by molar-refractivity contribution is 0.0547. The van der Waals surface area contributed by atoms with Gasteiger partial charge in [0, 0.05) is 17.8 Å². The van der Waals surface area contributed by atoms with Crippen molar-refractivity contribution in [2.45, 2.75) is 26.4 Å². The van der Waals surface area contributed by atoms with Crippen molar-refractivity contribution < 1.29 is 18.3 Å². The van der Waals surface area contributed by atoms with Crippen LogP contribution in [0.5, 0.6) is 0 Å². The standard InChI is InChI=1S/C18H15BrF2N2O2/c1-18(2,3)25-17(24)23-13-7-8-22-9-10(13)15(19)16(23)14-11(20)5-4-6-12(14)21/h4-9H,1-3H3. The van der Waals surface area contributed by atoms with Crippen LogP contribution in [0.4, 0.5) is 13.6 Å². The van der Waals surface area contributed by atoms with Gasteiger partial charge in [0.05, 0.1) is 21.2 Å².